The van der Waals surface area contributed by atoms with Crippen molar-refractivity contribution < 1.29 is 14.6 Å². The molecule has 5 nitrogen and oxygen atoms in total. The highest BCUT2D eigenvalue weighted by Crippen LogP contribution is 2.28. The molecule has 1 aliphatic carbocycles. The highest BCUT2D eigenvalue weighted by Gasteiger charge is 2.16. The molecule has 1 aliphatic rings. The number of ether oxygens (including phenoxy) is 1. The molecule has 0 amide bonds. The molecule has 1 aromatic heterocycles. The lowest BCUT2D eigenvalue weighted by atomic mass is 10.1. The van der Waals surface area contributed by atoms with Gasteiger partial charge in [-0.25, -0.2) is 0 Å². The number of hydrogen-bond acceptors (Lipinski definition) is 3. The second-order valence-corrected chi connectivity index (χ2v) is 5.74. The molecule has 5 heteroatoms. The second kappa shape index (κ2) is 7.19. The summed E-state index contributed by atoms with van der Waals surface area (Å²) < 4.78 is 5.95. The van der Waals surface area contributed by atoms with Crippen molar-refractivity contribution in [3.8, 4) is 5.75 Å². The monoisotopic (exact) mass is 324 g/mol. The highest BCUT2D eigenvalue weighted by atomic mass is 16.5. The summed E-state index contributed by atoms with van der Waals surface area (Å²) in [5.41, 5.74) is 8.48. The van der Waals surface area contributed by atoms with Gasteiger partial charge in [0.25, 0.3) is 0 Å². The third-order valence-electron chi connectivity index (χ3n) is 3.96. The van der Waals surface area contributed by atoms with Crippen LogP contribution < -0.4 is 10.5 Å². The molecule has 4 N–H and O–H groups in total. The first-order chi connectivity index (χ1) is 11.6. The van der Waals surface area contributed by atoms with Crippen LogP contribution in [0.15, 0.2) is 60.3 Å². The number of nitrogens with one attached hydrogen (secondary N) is 1. The van der Waals surface area contributed by atoms with E-state index in [9.17, 15) is 4.79 Å². The van der Waals surface area contributed by atoms with E-state index < -0.39 is 12.0 Å². The van der Waals surface area contributed by atoms with E-state index in [1.165, 1.54) is 0 Å². The van der Waals surface area contributed by atoms with Gasteiger partial charge in [0.15, 0.2) is 0 Å². The molecule has 24 heavy (non-hydrogen) atoms. The number of carbonyl (C=O) groups is 1. The molecule has 1 unspecified atom stereocenters. The zero-order chi connectivity index (χ0) is 16.9. The van der Waals surface area contributed by atoms with Crippen molar-refractivity contribution in [2.24, 2.45) is 5.73 Å². The van der Waals surface area contributed by atoms with Crippen LogP contribution in [0.25, 0.3) is 10.9 Å². The number of H-pyrrole nitrogens is 1. The first-order valence-corrected chi connectivity index (χ1v) is 7.87. The smallest absolute Gasteiger partial charge is 0.320 e. The number of rotatable bonds is 6. The van der Waals surface area contributed by atoms with Gasteiger partial charge >= 0.3 is 5.97 Å². The fraction of sp³-hybridized carbons (Fsp3) is 0.211. The Morgan fingerprint density at radius 1 is 1.38 bits per heavy atom. The maximum atomic E-state index is 11.0. The largest absolute Gasteiger partial charge is 0.487 e. The van der Waals surface area contributed by atoms with Crippen molar-refractivity contribution >= 4 is 16.9 Å². The molecule has 1 heterocycles. The lowest BCUT2D eigenvalue weighted by molar-refractivity contribution is -0.138. The average molecular weight is 324 g/mol. The van der Waals surface area contributed by atoms with E-state index in [2.05, 4.69) is 23.2 Å². The number of aliphatic carboxylic acids is 1. The zero-order valence-electron chi connectivity index (χ0n) is 13.2. The van der Waals surface area contributed by atoms with Crippen LogP contribution in [0.3, 0.4) is 0 Å². The van der Waals surface area contributed by atoms with Crippen LogP contribution in [0.4, 0.5) is 0 Å². The summed E-state index contributed by atoms with van der Waals surface area (Å²) in [4.78, 5) is 14.1. The van der Waals surface area contributed by atoms with Gasteiger partial charge in [0.2, 0.25) is 0 Å². The topological polar surface area (TPSA) is 88.3 Å². The standard InChI is InChI=1S/C19H20N2O3/c20-16(19(22)23)10-14-11-21-18-15(14)8-5-9-17(18)24-12-13-6-3-1-2-4-7-13/h1,3-9,11,16,21H,2,10,12,20H2,(H,22,23). The van der Waals surface area contributed by atoms with E-state index in [4.69, 9.17) is 15.6 Å². The Kier molecular flexibility index (Phi) is 4.82. The van der Waals surface area contributed by atoms with E-state index in [1.54, 1.807) is 6.20 Å². The summed E-state index contributed by atoms with van der Waals surface area (Å²) in [6, 6.07) is 4.83. The molecule has 0 spiro atoms. The van der Waals surface area contributed by atoms with E-state index in [0.717, 1.165) is 34.2 Å². The minimum Gasteiger partial charge on any atom is -0.487 e. The van der Waals surface area contributed by atoms with Crippen LogP contribution in [-0.2, 0) is 11.2 Å². The van der Waals surface area contributed by atoms with Gasteiger partial charge in [-0.15, -0.1) is 0 Å². The normalized spacial score (nSPS) is 15.1. The summed E-state index contributed by atoms with van der Waals surface area (Å²) in [7, 11) is 0. The Bertz CT molecular complexity index is 830. The second-order valence-electron chi connectivity index (χ2n) is 5.74. The molecule has 0 saturated heterocycles. The summed E-state index contributed by atoms with van der Waals surface area (Å²) >= 11 is 0. The van der Waals surface area contributed by atoms with Crippen LogP contribution in [0.2, 0.25) is 0 Å². The van der Waals surface area contributed by atoms with Crippen molar-refractivity contribution in [2.45, 2.75) is 18.9 Å². The molecule has 0 saturated carbocycles. The number of nitrogens with two attached hydrogens (primary N) is 1. The number of carboxylic acids is 1. The van der Waals surface area contributed by atoms with Crippen LogP contribution in [0.1, 0.15) is 12.0 Å². The molecule has 2 aromatic rings. The molecule has 0 aliphatic heterocycles. The number of para-hydroxylation sites is 1. The van der Waals surface area contributed by atoms with E-state index >= 15 is 0 Å². The Balaban J connectivity index is 1.79. The number of allylic oxidation sites excluding steroid dienone is 4. The number of benzene rings is 1. The summed E-state index contributed by atoms with van der Waals surface area (Å²) in [5.74, 6) is -0.262. The van der Waals surface area contributed by atoms with Gasteiger partial charge in [0.05, 0.1) is 5.52 Å². The van der Waals surface area contributed by atoms with E-state index in [0.29, 0.717) is 6.61 Å². The van der Waals surface area contributed by atoms with Crippen molar-refractivity contribution in [3.05, 3.63) is 65.9 Å². The molecule has 0 radical (unpaired) electrons. The average Bonchev–Trinajstić information content (AvgIpc) is 2.81. The van der Waals surface area contributed by atoms with Gasteiger partial charge in [-0.2, -0.15) is 0 Å². The third-order valence-corrected chi connectivity index (χ3v) is 3.96. The lowest BCUT2D eigenvalue weighted by Gasteiger charge is -2.09. The third kappa shape index (κ3) is 3.58. The van der Waals surface area contributed by atoms with Crippen LogP contribution in [0, 0.1) is 0 Å². The number of hydrogen-bond donors (Lipinski definition) is 3. The van der Waals surface area contributed by atoms with Crippen LogP contribution in [0.5, 0.6) is 5.75 Å². The van der Waals surface area contributed by atoms with Crippen LogP contribution >= 0.6 is 0 Å². The number of aromatic nitrogens is 1. The quantitative estimate of drug-likeness (QED) is 0.762. The van der Waals surface area contributed by atoms with Crippen LogP contribution in [-0.4, -0.2) is 28.7 Å². The zero-order valence-corrected chi connectivity index (χ0v) is 13.2. The lowest BCUT2D eigenvalue weighted by Crippen LogP contribution is -2.32. The molecular formula is C19H20N2O3. The highest BCUT2D eigenvalue weighted by molar-refractivity contribution is 5.89. The number of fused-ring (bicyclic) bond motifs is 1. The van der Waals surface area contributed by atoms with Crippen molar-refractivity contribution in [2.75, 3.05) is 6.61 Å². The van der Waals surface area contributed by atoms with Gasteiger partial charge < -0.3 is 20.6 Å². The predicted octanol–water partition coefficient (Wildman–Crippen LogP) is 2.94. The van der Waals surface area contributed by atoms with Gasteiger partial charge in [0, 0.05) is 18.0 Å². The van der Waals surface area contributed by atoms with Crippen molar-refractivity contribution in [1.82, 2.24) is 4.98 Å². The molecule has 1 aromatic carbocycles. The number of aromatic amines is 1. The van der Waals surface area contributed by atoms with Gasteiger partial charge in [0.1, 0.15) is 18.4 Å². The first-order valence-electron chi connectivity index (χ1n) is 7.87. The fourth-order valence-electron chi connectivity index (χ4n) is 2.68. The van der Waals surface area contributed by atoms with E-state index in [-0.39, 0.29) is 6.42 Å². The summed E-state index contributed by atoms with van der Waals surface area (Å²) in [6.45, 7) is 0.475. The Labute approximate surface area is 140 Å². The fourth-order valence-corrected chi connectivity index (χ4v) is 2.68. The summed E-state index contributed by atoms with van der Waals surface area (Å²) in [6.07, 6.45) is 13.3. The minimum absolute atomic E-state index is 0.275. The Hall–Kier alpha value is -2.79. The summed E-state index contributed by atoms with van der Waals surface area (Å²) in [5, 5.41) is 9.92. The maximum Gasteiger partial charge on any atom is 0.320 e. The van der Waals surface area contributed by atoms with Crippen molar-refractivity contribution in [1.29, 1.82) is 0 Å². The van der Waals surface area contributed by atoms with Gasteiger partial charge in [-0.3, -0.25) is 4.79 Å². The van der Waals surface area contributed by atoms with Gasteiger partial charge in [-0.1, -0.05) is 42.5 Å². The molecular weight excluding hydrogens is 304 g/mol. The minimum atomic E-state index is -1.00. The maximum absolute atomic E-state index is 11.0. The van der Waals surface area contributed by atoms with Gasteiger partial charge in [-0.05, 0) is 23.6 Å². The molecule has 0 bridgehead atoms. The molecule has 124 valence electrons. The van der Waals surface area contributed by atoms with Crippen molar-refractivity contribution in [3.63, 3.8) is 0 Å². The van der Waals surface area contributed by atoms with E-state index in [1.807, 2.05) is 30.4 Å². The Morgan fingerprint density at radius 3 is 3.08 bits per heavy atom. The first kappa shape index (κ1) is 16.1. The molecule has 1 atom stereocenters. The predicted molar refractivity (Wildman–Crippen MR) is 94.1 cm³/mol. The number of carboxylic acid groups (broad SMARTS) is 1. The Morgan fingerprint density at radius 2 is 2.25 bits per heavy atom. The SMILES string of the molecule is NC(Cc1c[nH]c2c(OCC3=CC=CCC=C3)cccc12)C(=O)O. The molecule has 3 rings (SSSR count). The molecule has 0 fully saturated rings.